The van der Waals surface area contributed by atoms with Gasteiger partial charge in [0.15, 0.2) is 0 Å². The first-order valence-electron chi connectivity index (χ1n) is 3.81. The number of hydrogen-bond donors (Lipinski definition) is 5. The fourth-order valence-electron chi connectivity index (χ4n) is 0.300. The second-order valence-corrected chi connectivity index (χ2v) is 2.60. The summed E-state index contributed by atoms with van der Waals surface area (Å²) in [6.07, 6.45) is 1.43. The third-order valence-corrected chi connectivity index (χ3v) is 1.47. The quantitative estimate of drug-likeness (QED) is 0.329. The summed E-state index contributed by atoms with van der Waals surface area (Å²) in [6, 6.07) is 0. The molecule has 0 saturated heterocycles. The van der Waals surface area contributed by atoms with E-state index in [4.69, 9.17) is 25.5 Å². The van der Waals surface area contributed by atoms with Crippen molar-refractivity contribution in [2.45, 2.75) is 0 Å². The van der Waals surface area contributed by atoms with Crippen LogP contribution in [-0.4, -0.2) is 58.6 Å². The molecule has 0 saturated carbocycles. The molecule has 0 heterocycles. The molecule has 80 valence electrons. The van der Waals surface area contributed by atoms with E-state index >= 15 is 0 Å². The van der Waals surface area contributed by atoms with E-state index in [1.54, 1.807) is 0 Å². The zero-order valence-corrected chi connectivity index (χ0v) is 7.56. The van der Waals surface area contributed by atoms with Crippen molar-refractivity contribution in [3.8, 4) is 0 Å². The first-order valence-corrected chi connectivity index (χ1v) is 3.81. The van der Waals surface area contributed by atoms with Crippen LogP contribution in [0.2, 0.25) is 0 Å². The molecule has 0 aromatic heterocycles. The molecule has 0 rings (SSSR count). The van der Waals surface area contributed by atoms with Crippen LogP contribution in [0.1, 0.15) is 0 Å². The van der Waals surface area contributed by atoms with Gasteiger partial charge in [-0.1, -0.05) is 6.08 Å². The van der Waals surface area contributed by atoms with Crippen molar-refractivity contribution in [3.05, 3.63) is 12.7 Å². The Morgan fingerprint density at radius 2 is 1.08 bits per heavy atom. The van der Waals surface area contributed by atoms with Crippen LogP contribution in [-0.2, 0) is 0 Å². The maximum Gasteiger partial charge on any atom is 0.0627 e. The van der Waals surface area contributed by atoms with Crippen molar-refractivity contribution in [2.75, 3.05) is 33.0 Å². The van der Waals surface area contributed by atoms with Gasteiger partial charge in [-0.25, -0.2) is 0 Å². The molecule has 0 bridgehead atoms. The van der Waals surface area contributed by atoms with Crippen molar-refractivity contribution in [2.24, 2.45) is 5.41 Å². The SMILES string of the molecule is C=CCO.OCC(CO)(CO)CO. The Morgan fingerprint density at radius 3 is 1.08 bits per heavy atom. The van der Waals surface area contributed by atoms with E-state index in [2.05, 4.69) is 6.58 Å². The van der Waals surface area contributed by atoms with Crippen LogP contribution in [0.15, 0.2) is 12.7 Å². The molecule has 0 aliphatic carbocycles. The van der Waals surface area contributed by atoms with Crippen molar-refractivity contribution in [1.82, 2.24) is 0 Å². The fraction of sp³-hybridized carbons (Fsp3) is 0.750. The number of rotatable bonds is 5. The topological polar surface area (TPSA) is 101 Å². The van der Waals surface area contributed by atoms with Gasteiger partial charge in [0.05, 0.1) is 38.4 Å². The van der Waals surface area contributed by atoms with E-state index < -0.39 is 31.8 Å². The molecule has 0 radical (unpaired) electrons. The lowest BCUT2D eigenvalue weighted by Crippen LogP contribution is -2.37. The second-order valence-electron chi connectivity index (χ2n) is 2.60. The minimum absolute atomic E-state index is 0.0833. The van der Waals surface area contributed by atoms with Gasteiger partial charge in [-0.2, -0.15) is 0 Å². The van der Waals surface area contributed by atoms with E-state index in [0.29, 0.717) is 0 Å². The molecule has 0 aromatic rings. The van der Waals surface area contributed by atoms with Crippen molar-refractivity contribution < 1.29 is 25.5 Å². The first-order chi connectivity index (χ1) is 6.16. The molecule has 0 aliphatic heterocycles. The van der Waals surface area contributed by atoms with Gasteiger partial charge in [-0.15, -0.1) is 6.58 Å². The molecular weight excluding hydrogens is 176 g/mol. The molecule has 0 atom stereocenters. The first kappa shape index (κ1) is 15.0. The predicted molar refractivity (Wildman–Crippen MR) is 48.1 cm³/mol. The Labute approximate surface area is 77.6 Å². The Kier molecular flexibility index (Phi) is 11.1. The molecule has 0 amide bonds. The van der Waals surface area contributed by atoms with Crippen LogP contribution in [0.3, 0.4) is 0 Å². The normalized spacial score (nSPS) is 10.2. The van der Waals surface area contributed by atoms with E-state index in [-0.39, 0.29) is 6.61 Å². The van der Waals surface area contributed by atoms with E-state index in [1.807, 2.05) is 0 Å². The van der Waals surface area contributed by atoms with Crippen LogP contribution in [0.4, 0.5) is 0 Å². The molecule has 0 spiro atoms. The number of aliphatic hydroxyl groups is 5. The summed E-state index contributed by atoms with van der Waals surface area (Å²) >= 11 is 0. The monoisotopic (exact) mass is 194 g/mol. The average molecular weight is 194 g/mol. The molecule has 0 unspecified atom stereocenters. The number of hydrogen-bond acceptors (Lipinski definition) is 5. The standard InChI is InChI=1S/C5H12O4.C3H6O/c6-1-5(2-7,3-8)4-9;1-2-3-4/h6-9H,1-4H2;2,4H,1,3H2. The zero-order chi connectivity index (χ0) is 10.7. The average Bonchev–Trinajstić information content (AvgIpc) is 2.23. The Balaban J connectivity index is 0. The maximum atomic E-state index is 8.50. The third-order valence-electron chi connectivity index (χ3n) is 1.47. The Bertz CT molecular complexity index is 93.6. The van der Waals surface area contributed by atoms with Crippen molar-refractivity contribution in [3.63, 3.8) is 0 Å². The molecule has 0 aromatic carbocycles. The van der Waals surface area contributed by atoms with Gasteiger partial charge >= 0.3 is 0 Å². The lowest BCUT2D eigenvalue weighted by atomic mass is 9.93. The third kappa shape index (κ3) is 6.68. The highest BCUT2D eigenvalue weighted by Gasteiger charge is 2.26. The number of aliphatic hydroxyl groups excluding tert-OH is 5. The Morgan fingerprint density at radius 1 is 0.846 bits per heavy atom. The molecule has 0 fully saturated rings. The largest absolute Gasteiger partial charge is 0.396 e. The highest BCUT2D eigenvalue weighted by atomic mass is 16.3. The summed E-state index contributed by atoms with van der Waals surface area (Å²) in [4.78, 5) is 0. The van der Waals surface area contributed by atoms with Gasteiger partial charge in [-0.3, -0.25) is 0 Å². The van der Waals surface area contributed by atoms with Crippen LogP contribution in [0.25, 0.3) is 0 Å². The molecule has 5 nitrogen and oxygen atoms in total. The highest BCUT2D eigenvalue weighted by Crippen LogP contribution is 2.11. The van der Waals surface area contributed by atoms with Crippen molar-refractivity contribution >= 4 is 0 Å². The van der Waals surface area contributed by atoms with Gasteiger partial charge in [0.2, 0.25) is 0 Å². The van der Waals surface area contributed by atoms with Gasteiger partial charge < -0.3 is 25.5 Å². The summed E-state index contributed by atoms with van der Waals surface area (Å²) in [5.74, 6) is 0. The fourth-order valence-corrected chi connectivity index (χ4v) is 0.300. The smallest absolute Gasteiger partial charge is 0.0627 e. The Hall–Kier alpha value is -0.460. The summed E-state index contributed by atoms with van der Waals surface area (Å²) in [7, 11) is 0. The summed E-state index contributed by atoms with van der Waals surface area (Å²) in [6.45, 7) is 1.69. The van der Waals surface area contributed by atoms with E-state index in [9.17, 15) is 0 Å². The van der Waals surface area contributed by atoms with Crippen LogP contribution >= 0.6 is 0 Å². The summed E-state index contributed by atoms with van der Waals surface area (Å²) in [5.41, 5.74) is -1.11. The molecular formula is C8H18O5. The van der Waals surface area contributed by atoms with Crippen LogP contribution < -0.4 is 0 Å². The van der Waals surface area contributed by atoms with Crippen LogP contribution in [0.5, 0.6) is 0 Å². The summed E-state index contributed by atoms with van der Waals surface area (Å²) in [5, 5.41) is 41.7. The van der Waals surface area contributed by atoms with Crippen molar-refractivity contribution in [1.29, 1.82) is 0 Å². The molecule has 13 heavy (non-hydrogen) atoms. The summed E-state index contributed by atoms with van der Waals surface area (Å²) < 4.78 is 0. The van der Waals surface area contributed by atoms with Crippen LogP contribution in [0, 0.1) is 5.41 Å². The molecule has 5 N–H and O–H groups in total. The van der Waals surface area contributed by atoms with Gasteiger partial charge in [0.1, 0.15) is 0 Å². The van der Waals surface area contributed by atoms with Gasteiger partial charge in [0, 0.05) is 0 Å². The van der Waals surface area contributed by atoms with E-state index in [0.717, 1.165) is 0 Å². The van der Waals surface area contributed by atoms with E-state index in [1.165, 1.54) is 6.08 Å². The van der Waals surface area contributed by atoms with Gasteiger partial charge in [0.25, 0.3) is 0 Å². The lowest BCUT2D eigenvalue weighted by molar-refractivity contribution is -0.0328. The lowest BCUT2D eigenvalue weighted by Gasteiger charge is -2.23. The molecule has 0 aliphatic rings. The minimum atomic E-state index is -1.11. The predicted octanol–water partition coefficient (Wildman–Crippen LogP) is -1.89. The second kappa shape index (κ2) is 9.63. The molecule has 5 heteroatoms. The van der Waals surface area contributed by atoms with Gasteiger partial charge in [-0.05, 0) is 0 Å². The maximum absolute atomic E-state index is 8.50. The minimum Gasteiger partial charge on any atom is -0.396 e. The highest BCUT2D eigenvalue weighted by molar-refractivity contribution is 4.74. The zero-order valence-electron chi connectivity index (χ0n) is 7.56.